The fourth-order valence-corrected chi connectivity index (χ4v) is 3.20. The summed E-state index contributed by atoms with van der Waals surface area (Å²) in [7, 11) is 0. The Morgan fingerprint density at radius 3 is 2.80 bits per heavy atom. The SMILES string of the molecule is CCCn1cc(NC2CCCC(CC)CC2)ccc1=O. The average Bonchev–Trinajstić information content (AvgIpc) is 2.68. The molecule has 1 aromatic heterocycles. The lowest BCUT2D eigenvalue weighted by molar-refractivity contribution is 0.444. The van der Waals surface area contributed by atoms with Crippen LogP contribution in [-0.4, -0.2) is 10.6 Å². The minimum absolute atomic E-state index is 0.101. The van der Waals surface area contributed by atoms with Crippen molar-refractivity contribution in [1.29, 1.82) is 0 Å². The quantitative estimate of drug-likeness (QED) is 0.824. The summed E-state index contributed by atoms with van der Waals surface area (Å²) in [6, 6.07) is 4.18. The Balaban J connectivity index is 1.99. The third kappa shape index (κ3) is 4.12. The molecule has 0 spiro atoms. The van der Waals surface area contributed by atoms with Crippen LogP contribution in [-0.2, 0) is 6.54 Å². The van der Waals surface area contributed by atoms with Crippen LogP contribution in [0.4, 0.5) is 5.69 Å². The van der Waals surface area contributed by atoms with E-state index in [0.717, 1.165) is 24.6 Å². The van der Waals surface area contributed by atoms with Crippen LogP contribution < -0.4 is 10.9 Å². The number of anilines is 1. The van der Waals surface area contributed by atoms with Crippen molar-refractivity contribution >= 4 is 5.69 Å². The van der Waals surface area contributed by atoms with Crippen LogP contribution in [0.2, 0.25) is 0 Å². The predicted octanol–water partition coefficient (Wildman–Crippen LogP) is 4.03. The molecule has 112 valence electrons. The molecule has 1 fully saturated rings. The number of pyridine rings is 1. The third-order valence-electron chi connectivity index (χ3n) is 4.48. The molecule has 0 bridgehead atoms. The highest BCUT2D eigenvalue weighted by atomic mass is 16.1. The lowest BCUT2D eigenvalue weighted by Gasteiger charge is -2.18. The van der Waals surface area contributed by atoms with Crippen LogP contribution in [0.3, 0.4) is 0 Å². The second-order valence-electron chi connectivity index (χ2n) is 6.07. The molecule has 0 saturated heterocycles. The first-order chi connectivity index (χ1) is 9.72. The van der Waals surface area contributed by atoms with E-state index in [1.165, 1.54) is 38.5 Å². The van der Waals surface area contributed by atoms with E-state index < -0.39 is 0 Å². The molecule has 3 heteroatoms. The van der Waals surface area contributed by atoms with Gasteiger partial charge in [0.15, 0.2) is 0 Å². The lowest BCUT2D eigenvalue weighted by Crippen LogP contribution is -2.22. The van der Waals surface area contributed by atoms with Gasteiger partial charge in [0.05, 0.1) is 5.69 Å². The minimum Gasteiger partial charge on any atom is -0.381 e. The minimum atomic E-state index is 0.101. The van der Waals surface area contributed by atoms with Crippen LogP contribution in [0, 0.1) is 5.92 Å². The van der Waals surface area contributed by atoms with E-state index in [0.29, 0.717) is 6.04 Å². The van der Waals surface area contributed by atoms with Gasteiger partial charge in [-0.3, -0.25) is 4.79 Å². The van der Waals surface area contributed by atoms with E-state index in [4.69, 9.17) is 0 Å². The standard InChI is InChI=1S/C17H28N2O/c1-3-12-19-13-16(10-11-17(19)20)18-15-7-5-6-14(4-2)8-9-15/h10-11,13-15,18H,3-9,12H2,1-2H3. The number of hydrogen-bond acceptors (Lipinski definition) is 2. The summed E-state index contributed by atoms with van der Waals surface area (Å²) in [5.74, 6) is 0.913. The van der Waals surface area contributed by atoms with Crippen LogP contribution in [0.1, 0.15) is 58.8 Å². The molecule has 1 aromatic rings. The summed E-state index contributed by atoms with van der Waals surface area (Å²) in [4.78, 5) is 11.7. The number of hydrogen-bond donors (Lipinski definition) is 1. The number of nitrogens with one attached hydrogen (secondary N) is 1. The van der Waals surface area contributed by atoms with E-state index in [2.05, 4.69) is 19.2 Å². The molecule has 1 heterocycles. The van der Waals surface area contributed by atoms with Gasteiger partial charge in [-0.1, -0.05) is 33.1 Å². The molecule has 2 atom stereocenters. The lowest BCUT2D eigenvalue weighted by atomic mass is 9.98. The van der Waals surface area contributed by atoms with Crippen LogP contribution in [0.15, 0.2) is 23.1 Å². The van der Waals surface area contributed by atoms with E-state index in [1.54, 1.807) is 6.07 Å². The summed E-state index contributed by atoms with van der Waals surface area (Å²) in [5.41, 5.74) is 1.20. The highest BCUT2D eigenvalue weighted by Crippen LogP contribution is 2.27. The Bertz CT molecular complexity index is 466. The van der Waals surface area contributed by atoms with Crippen LogP contribution >= 0.6 is 0 Å². The molecule has 1 N–H and O–H groups in total. The van der Waals surface area contributed by atoms with Gasteiger partial charge in [-0.2, -0.15) is 0 Å². The molecule has 1 saturated carbocycles. The molecule has 1 aliphatic rings. The fraction of sp³-hybridized carbons (Fsp3) is 0.706. The molecule has 0 radical (unpaired) electrons. The molecule has 0 aliphatic heterocycles. The van der Waals surface area contributed by atoms with Crippen molar-refractivity contribution in [3.05, 3.63) is 28.7 Å². The van der Waals surface area contributed by atoms with Gasteiger partial charge in [0.25, 0.3) is 5.56 Å². The zero-order chi connectivity index (χ0) is 14.4. The van der Waals surface area contributed by atoms with Gasteiger partial charge >= 0.3 is 0 Å². The maximum absolute atomic E-state index is 11.7. The van der Waals surface area contributed by atoms with Gasteiger partial charge in [0, 0.05) is 24.8 Å². The van der Waals surface area contributed by atoms with E-state index in [-0.39, 0.29) is 5.56 Å². The Morgan fingerprint density at radius 2 is 2.05 bits per heavy atom. The van der Waals surface area contributed by atoms with E-state index >= 15 is 0 Å². The normalized spacial score (nSPS) is 23.3. The Kier molecular flexibility index (Phi) is 5.69. The van der Waals surface area contributed by atoms with Crippen LogP contribution in [0.25, 0.3) is 0 Å². The number of rotatable bonds is 5. The molecule has 2 unspecified atom stereocenters. The number of aromatic nitrogens is 1. The average molecular weight is 276 g/mol. The fourth-order valence-electron chi connectivity index (χ4n) is 3.20. The summed E-state index contributed by atoms with van der Waals surface area (Å²) < 4.78 is 1.81. The maximum Gasteiger partial charge on any atom is 0.250 e. The Morgan fingerprint density at radius 1 is 1.20 bits per heavy atom. The number of aryl methyl sites for hydroxylation is 1. The first-order valence-electron chi connectivity index (χ1n) is 8.20. The van der Waals surface area contributed by atoms with Crippen molar-refractivity contribution in [3.63, 3.8) is 0 Å². The van der Waals surface area contributed by atoms with Gasteiger partial charge in [-0.25, -0.2) is 0 Å². The molecule has 1 aliphatic carbocycles. The maximum atomic E-state index is 11.7. The van der Waals surface area contributed by atoms with Gasteiger partial charge in [0.1, 0.15) is 0 Å². The Labute approximate surface area is 122 Å². The van der Waals surface area contributed by atoms with E-state index in [9.17, 15) is 4.79 Å². The molecule has 20 heavy (non-hydrogen) atoms. The summed E-state index contributed by atoms with van der Waals surface area (Å²) >= 11 is 0. The summed E-state index contributed by atoms with van der Waals surface area (Å²) in [5, 5.41) is 3.63. The molecular formula is C17H28N2O. The molecular weight excluding hydrogens is 248 g/mol. The molecule has 0 aromatic carbocycles. The van der Waals surface area contributed by atoms with Crippen molar-refractivity contribution in [2.75, 3.05) is 5.32 Å². The molecule has 3 nitrogen and oxygen atoms in total. The van der Waals surface area contributed by atoms with Gasteiger partial charge in [-0.05, 0) is 37.7 Å². The first kappa shape index (κ1) is 15.1. The predicted molar refractivity (Wildman–Crippen MR) is 85.3 cm³/mol. The Hall–Kier alpha value is -1.25. The topological polar surface area (TPSA) is 34.0 Å². The highest BCUT2D eigenvalue weighted by Gasteiger charge is 2.17. The van der Waals surface area contributed by atoms with Crippen molar-refractivity contribution in [3.8, 4) is 0 Å². The second kappa shape index (κ2) is 7.51. The zero-order valence-corrected chi connectivity index (χ0v) is 12.9. The van der Waals surface area contributed by atoms with Gasteiger partial charge in [0.2, 0.25) is 0 Å². The largest absolute Gasteiger partial charge is 0.381 e. The molecule has 0 amide bonds. The van der Waals surface area contributed by atoms with Gasteiger partial charge in [-0.15, -0.1) is 0 Å². The second-order valence-corrected chi connectivity index (χ2v) is 6.07. The van der Waals surface area contributed by atoms with Gasteiger partial charge < -0.3 is 9.88 Å². The van der Waals surface area contributed by atoms with Crippen molar-refractivity contribution in [1.82, 2.24) is 4.57 Å². The zero-order valence-electron chi connectivity index (χ0n) is 12.9. The van der Waals surface area contributed by atoms with Crippen molar-refractivity contribution in [2.45, 2.75) is 71.4 Å². The first-order valence-corrected chi connectivity index (χ1v) is 8.20. The monoisotopic (exact) mass is 276 g/mol. The van der Waals surface area contributed by atoms with Crippen molar-refractivity contribution < 1.29 is 0 Å². The highest BCUT2D eigenvalue weighted by molar-refractivity contribution is 5.41. The smallest absolute Gasteiger partial charge is 0.250 e. The van der Waals surface area contributed by atoms with Crippen molar-refractivity contribution in [2.24, 2.45) is 5.92 Å². The number of nitrogens with zero attached hydrogens (tertiary/aromatic N) is 1. The summed E-state index contributed by atoms with van der Waals surface area (Å²) in [6.07, 6.45) is 10.8. The van der Waals surface area contributed by atoms with Crippen LogP contribution in [0.5, 0.6) is 0 Å². The molecule has 2 rings (SSSR count). The third-order valence-corrected chi connectivity index (χ3v) is 4.48. The van der Waals surface area contributed by atoms with E-state index in [1.807, 2.05) is 16.8 Å². The summed E-state index contributed by atoms with van der Waals surface area (Å²) in [6.45, 7) is 5.21.